The molecule has 2 rings (SSSR count). The average molecular weight is 320 g/mol. The molecule has 1 saturated heterocycles. The molecule has 1 aliphatic rings. The number of esters is 1. The molecular formula is C15H16N2O6. The molecule has 2 N–H and O–H groups in total. The summed E-state index contributed by atoms with van der Waals surface area (Å²) >= 11 is 0. The second kappa shape index (κ2) is 7.39. The SMILES string of the molecule is O=C(NCC(=O)N1CCC[C@H]1C(=O)O)OC(=O)c1ccccc1. The zero-order valence-electron chi connectivity index (χ0n) is 12.2. The van der Waals surface area contributed by atoms with Crippen molar-refractivity contribution < 1.29 is 29.0 Å². The summed E-state index contributed by atoms with van der Waals surface area (Å²) in [5.41, 5.74) is 0.208. The number of hydrogen-bond donors (Lipinski definition) is 2. The van der Waals surface area contributed by atoms with Gasteiger partial charge in [0.05, 0.1) is 5.56 Å². The van der Waals surface area contributed by atoms with Gasteiger partial charge in [0.15, 0.2) is 0 Å². The van der Waals surface area contributed by atoms with Crippen LogP contribution in [-0.2, 0) is 14.3 Å². The molecule has 0 unspecified atom stereocenters. The van der Waals surface area contributed by atoms with Gasteiger partial charge in [-0.15, -0.1) is 0 Å². The Morgan fingerprint density at radius 2 is 1.91 bits per heavy atom. The number of carboxylic acid groups (broad SMARTS) is 1. The van der Waals surface area contributed by atoms with Crippen molar-refractivity contribution in [3.05, 3.63) is 35.9 Å². The molecule has 0 spiro atoms. The summed E-state index contributed by atoms with van der Waals surface area (Å²) < 4.78 is 4.55. The number of carbonyl (C=O) groups excluding carboxylic acids is 3. The third kappa shape index (κ3) is 4.29. The molecule has 1 atom stereocenters. The van der Waals surface area contributed by atoms with Crippen LogP contribution in [0.4, 0.5) is 4.79 Å². The topological polar surface area (TPSA) is 113 Å². The minimum absolute atomic E-state index is 0.208. The van der Waals surface area contributed by atoms with Crippen molar-refractivity contribution in [1.82, 2.24) is 10.2 Å². The molecule has 0 bridgehead atoms. The molecule has 0 aromatic heterocycles. The molecule has 8 heteroatoms. The van der Waals surface area contributed by atoms with Gasteiger partial charge in [0.2, 0.25) is 5.91 Å². The van der Waals surface area contributed by atoms with Crippen LogP contribution in [0, 0.1) is 0 Å². The Labute approximate surface area is 132 Å². The number of rotatable bonds is 4. The number of alkyl carbamates (subject to hydrolysis) is 1. The van der Waals surface area contributed by atoms with Crippen LogP contribution in [-0.4, -0.2) is 53.1 Å². The molecule has 122 valence electrons. The van der Waals surface area contributed by atoms with Gasteiger partial charge in [0.1, 0.15) is 12.6 Å². The van der Waals surface area contributed by atoms with Gasteiger partial charge >= 0.3 is 18.0 Å². The molecule has 1 aromatic carbocycles. The van der Waals surface area contributed by atoms with Gasteiger partial charge in [-0.3, -0.25) is 4.79 Å². The number of ether oxygens (including phenoxy) is 1. The Morgan fingerprint density at radius 1 is 1.22 bits per heavy atom. The zero-order chi connectivity index (χ0) is 16.8. The summed E-state index contributed by atoms with van der Waals surface area (Å²) in [6.07, 6.45) is -0.0734. The normalized spacial score (nSPS) is 16.7. The fraction of sp³-hybridized carbons (Fsp3) is 0.333. The standard InChI is InChI=1S/C15H16N2O6/c18-12(17-8-4-7-11(17)13(19)20)9-16-15(22)23-14(21)10-5-2-1-3-6-10/h1-3,5-6,11H,4,7-9H2,(H,16,22)(H,19,20)/t11-/m0/s1. The van der Waals surface area contributed by atoms with E-state index in [9.17, 15) is 19.2 Å². The number of benzene rings is 1. The highest BCUT2D eigenvalue weighted by Crippen LogP contribution is 2.17. The van der Waals surface area contributed by atoms with E-state index < -0.39 is 36.5 Å². The molecule has 23 heavy (non-hydrogen) atoms. The summed E-state index contributed by atoms with van der Waals surface area (Å²) in [4.78, 5) is 47.3. The molecule has 1 aliphatic heterocycles. The van der Waals surface area contributed by atoms with Crippen LogP contribution in [0.2, 0.25) is 0 Å². The van der Waals surface area contributed by atoms with Gasteiger partial charge in [0, 0.05) is 6.54 Å². The second-order valence-corrected chi connectivity index (χ2v) is 4.98. The van der Waals surface area contributed by atoms with Crippen LogP contribution in [0.5, 0.6) is 0 Å². The highest BCUT2D eigenvalue weighted by Gasteiger charge is 2.33. The van der Waals surface area contributed by atoms with Gasteiger partial charge in [-0.05, 0) is 25.0 Å². The molecule has 2 amide bonds. The monoisotopic (exact) mass is 320 g/mol. The highest BCUT2D eigenvalue weighted by atomic mass is 16.6. The van der Waals surface area contributed by atoms with Crippen LogP contribution in [0.15, 0.2) is 30.3 Å². The van der Waals surface area contributed by atoms with Crippen LogP contribution >= 0.6 is 0 Å². The van der Waals surface area contributed by atoms with E-state index in [1.807, 2.05) is 0 Å². The average Bonchev–Trinajstić information content (AvgIpc) is 3.03. The number of nitrogens with zero attached hydrogens (tertiary/aromatic N) is 1. The zero-order valence-corrected chi connectivity index (χ0v) is 12.2. The van der Waals surface area contributed by atoms with E-state index in [2.05, 4.69) is 10.1 Å². The molecule has 1 heterocycles. The first-order chi connectivity index (χ1) is 11.0. The van der Waals surface area contributed by atoms with Crippen LogP contribution in [0.1, 0.15) is 23.2 Å². The third-order valence-corrected chi connectivity index (χ3v) is 3.44. The maximum Gasteiger partial charge on any atom is 0.415 e. The lowest BCUT2D eigenvalue weighted by Crippen LogP contribution is -2.45. The van der Waals surface area contributed by atoms with Gasteiger partial charge in [-0.1, -0.05) is 18.2 Å². The number of likely N-dealkylation sites (tertiary alicyclic amines) is 1. The fourth-order valence-electron chi connectivity index (χ4n) is 2.32. The van der Waals surface area contributed by atoms with Gasteiger partial charge in [-0.25, -0.2) is 14.4 Å². The van der Waals surface area contributed by atoms with Crippen LogP contribution in [0.3, 0.4) is 0 Å². The first-order valence-electron chi connectivity index (χ1n) is 7.06. The van der Waals surface area contributed by atoms with Crippen molar-refractivity contribution in [3.63, 3.8) is 0 Å². The molecule has 8 nitrogen and oxygen atoms in total. The summed E-state index contributed by atoms with van der Waals surface area (Å²) in [6.45, 7) is -0.0971. The molecule has 0 saturated carbocycles. The summed E-state index contributed by atoms with van der Waals surface area (Å²) in [7, 11) is 0. The molecule has 1 aromatic rings. The summed E-state index contributed by atoms with van der Waals surface area (Å²) in [5, 5.41) is 11.2. The molecular weight excluding hydrogens is 304 g/mol. The Balaban J connectivity index is 1.81. The van der Waals surface area contributed by atoms with Crippen LogP contribution < -0.4 is 5.32 Å². The minimum atomic E-state index is -1.07. The van der Waals surface area contributed by atoms with Crippen molar-refractivity contribution in [3.8, 4) is 0 Å². The van der Waals surface area contributed by atoms with E-state index in [0.717, 1.165) is 0 Å². The lowest BCUT2D eigenvalue weighted by Gasteiger charge is -2.21. The second-order valence-electron chi connectivity index (χ2n) is 4.98. The van der Waals surface area contributed by atoms with E-state index in [-0.39, 0.29) is 5.56 Å². The predicted octanol–water partition coefficient (Wildman–Crippen LogP) is 0.629. The van der Waals surface area contributed by atoms with Crippen molar-refractivity contribution in [2.24, 2.45) is 0 Å². The number of carbonyl (C=O) groups is 4. The molecule has 1 fully saturated rings. The Bertz CT molecular complexity index is 616. The maximum absolute atomic E-state index is 11.9. The van der Waals surface area contributed by atoms with Gasteiger partial charge < -0.3 is 20.1 Å². The van der Waals surface area contributed by atoms with E-state index in [1.165, 1.54) is 17.0 Å². The number of amides is 2. The molecule has 0 radical (unpaired) electrons. The summed E-state index contributed by atoms with van der Waals surface area (Å²) in [6, 6.07) is 7.07. The van der Waals surface area contributed by atoms with Crippen molar-refractivity contribution in [1.29, 1.82) is 0 Å². The smallest absolute Gasteiger partial charge is 0.415 e. The fourth-order valence-corrected chi connectivity index (χ4v) is 2.32. The lowest BCUT2D eigenvalue weighted by molar-refractivity contribution is -0.147. The maximum atomic E-state index is 11.9. The van der Waals surface area contributed by atoms with Gasteiger partial charge in [0.25, 0.3) is 0 Å². The van der Waals surface area contributed by atoms with E-state index in [1.54, 1.807) is 18.2 Å². The van der Waals surface area contributed by atoms with Crippen LogP contribution in [0.25, 0.3) is 0 Å². The number of carboxylic acids is 1. The highest BCUT2D eigenvalue weighted by molar-refractivity contribution is 5.97. The first kappa shape index (κ1) is 16.5. The Kier molecular flexibility index (Phi) is 5.29. The van der Waals surface area contributed by atoms with E-state index in [0.29, 0.717) is 19.4 Å². The quantitative estimate of drug-likeness (QED) is 0.621. The largest absolute Gasteiger partial charge is 0.480 e. The molecule has 0 aliphatic carbocycles. The predicted molar refractivity (Wildman–Crippen MR) is 77.6 cm³/mol. The number of hydrogen-bond acceptors (Lipinski definition) is 5. The Morgan fingerprint density at radius 3 is 2.57 bits per heavy atom. The number of nitrogens with one attached hydrogen (secondary N) is 1. The van der Waals surface area contributed by atoms with Crippen molar-refractivity contribution in [2.75, 3.05) is 13.1 Å². The minimum Gasteiger partial charge on any atom is -0.480 e. The van der Waals surface area contributed by atoms with E-state index in [4.69, 9.17) is 5.11 Å². The summed E-state index contributed by atoms with van der Waals surface area (Å²) in [5.74, 6) is -2.43. The van der Waals surface area contributed by atoms with E-state index >= 15 is 0 Å². The van der Waals surface area contributed by atoms with Crippen molar-refractivity contribution in [2.45, 2.75) is 18.9 Å². The lowest BCUT2D eigenvalue weighted by atomic mass is 10.2. The van der Waals surface area contributed by atoms with Crippen molar-refractivity contribution >= 4 is 23.9 Å². The third-order valence-electron chi connectivity index (χ3n) is 3.44. The number of aliphatic carboxylic acids is 1. The first-order valence-corrected chi connectivity index (χ1v) is 7.06. The van der Waals surface area contributed by atoms with Gasteiger partial charge in [-0.2, -0.15) is 0 Å². The Hall–Kier alpha value is -2.90.